The predicted octanol–water partition coefficient (Wildman–Crippen LogP) is 2.75. The molecule has 0 aliphatic heterocycles. The molecule has 1 aromatic carbocycles. The van der Waals surface area contributed by atoms with Gasteiger partial charge in [0.05, 0.1) is 6.61 Å². The number of benzene rings is 1. The summed E-state index contributed by atoms with van der Waals surface area (Å²) in [4.78, 5) is 11.3. The Labute approximate surface area is 96.8 Å². The summed E-state index contributed by atoms with van der Waals surface area (Å²) >= 11 is 0. The monoisotopic (exact) mass is 221 g/mol. The molecule has 3 heteroatoms. The van der Waals surface area contributed by atoms with Crippen LogP contribution in [0.15, 0.2) is 24.3 Å². The van der Waals surface area contributed by atoms with Gasteiger partial charge in [-0.25, -0.2) is 0 Å². The van der Waals surface area contributed by atoms with E-state index in [-0.39, 0.29) is 12.5 Å². The average Bonchev–Trinajstić information content (AvgIpc) is 2.28. The van der Waals surface area contributed by atoms with Crippen LogP contribution in [0.2, 0.25) is 0 Å². The van der Waals surface area contributed by atoms with Crippen LogP contribution in [0.3, 0.4) is 0 Å². The van der Waals surface area contributed by atoms with Crippen molar-refractivity contribution >= 4 is 11.7 Å². The zero-order valence-electron chi connectivity index (χ0n) is 9.95. The van der Waals surface area contributed by atoms with Crippen molar-refractivity contribution in [2.75, 3.05) is 18.5 Å². The Kier molecular flexibility index (Phi) is 5.40. The summed E-state index contributed by atoms with van der Waals surface area (Å²) in [6.45, 7) is 4.82. The smallest absolute Gasteiger partial charge is 0.325 e. The van der Waals surface area contributed by atoms with E-state index in [1.165, 1.54) is 0 Å². The van der Waals surface area contributed by atoms with Crippen LogP contribution in [0, 0.1) is 6.92 Å². The van der Waals surface area contributed by atoms with E-state index < -0.39 is 0 Å². The molecule has 0 heterocycles. The molecule has 16 heavy (non-hydrogen) atoms. The van der Waals surface area contributed by atoms with Gasteiger partial charge in [0.15, 0.2) is 0 Å². The molecular formula is C13H19NO2. The number of hydrogen-bond donors (Lipinski definition) is 1. The summed E-state index contributed by atoms with van der Waals surface area (Å²) in [6, 6.07) is 7.87. The molecule has 0 saturated carbocycles. The van der Waals surface area contributed by atoms with Gasteiger partial charge < -0.3 is 10.1 Å². The van der Waals surface area contributed by atoms with Crippen LogP contribution in [0.1, 0.15) is 25.3 Å². The van der Waals surface area contributed by atoms with Crippen molar-refractivity contribution in [2.24, 2.45) is 0 Å². The molecule has 1 N–H and O–H groups in total. The van der Waals surface area contributed by atoms with Gasteiger partial charge in [-0.1, -0.05) is 31.5 Å². The SMILES string of the molecule is CCCCOC(=O)CNc1ccccc1C. The molecule has 0 saturated heterocycles. The van der Waals surface area contributed by atoms with E-state index in [1.807, 2.05) is 31.2 Å². The van der Waals surface area contributed by atoms with Crippen molar-refractivity contribution in [1.82, 2.24) is 0 Å². The number of anilines is 1. The second kappa shape index (κ2) is 6.88. The molecule has 1 aromatic rings. The van der Waals surface area contributed by atoms with Crippen LogP contribution in [-0.2, 0) is 9.53 Å². The molecule has 0 aromatic heterocycles. The van der Waals surface area contributed by atoms with E-state index in [4.69, 9.17) is 4.74 Å². The maximum absolute atomic E-state index is 11.3. The lowest BCUT2D eigenvalue weighted by atomic mass is 10.2. The number of rotatable bonds is 6. The van der Waals surface area contributed by atoms with Gasteiger partial charge in [0.2, 0.25) is 0 Å². The number of nitrogens with one attached hydrogen (secondary N) is 1. The summed E-state index contributed by atoms with van der Waals surface area (Å²) in [5, 5.41) is 3.07. The standard InChI is InChI=1S/C13H19NO2/c1-3-4-9-16-13(15)10-14-12-8-6-5-7-11(12)2/h5-8,14H,3-4,9-10H2,1-2H3. The summed E-state index contributed by atoms with van der Waals surface area (Å²) in [5.74, 6) is -0.197. The van der Waals surface area contributed by atoms with E-state index >= 15 is 0 Å². The van der Waals surface area contributed by atoms with Crippen molar-refractivity contribution < 1.29 is 9.53 Å². The zero-order chi connectivity index (χ0) is 11.8. The molecule has 0 atom stereocenters. The van der Waals surface area contributed by atoms with E-state index in [0.29, 0.717) is 6.61 Å². The lowest BCUT2D eigenvalue weighted by Crippen LogP contribution is -2.17. The van der Waals surface area contributed by atoms with Crippen molar-refractivity contribution in [1.29, 1.82) is 0 Å². The number of hydrogen-bond acceptors (Lipinski definition) is 3. The highest BCUT2D eigenvalue weighted by atomic mass is 16.5. The van der Waals surface area contributed by atoms with E-state index in [9.17, 15) is 4.79 Å². The van der Waals surface area contributed by atoms with Gasteiger partial charge in [-0.15, -0.1) is 0 Å². The Morgan fingerprint density at radius 2 is 2.12 bits per heavy atom. The van der Waals surface area contributed by atoms with Crippen LogP contribution < -0.4 is 5.32 Å². The fraction of sp³-hybridized carbons (Fsp3) is 0.462. The second-order valence-corrected chi connectivity index (χ2v) is 3.74. The Morgan fingerprint density at radius 1 is 1.38 bits per heavy atom. The molecule has 3 nitrogen and oxygen atoms in total. The summed E-state index contributed by atoms with van der Waals surface area (Å²) in [6.07, 6.45) is 1.97. The number of aryl methyl sites for hydroxylation is 1. The fourth-order valence-electron chi connectivity index (χ4n) is 1.32. The largest absolute Gasteiger partial charge is 0.464 e. The summed E-state index contributed by atoms with van der Waals surface area (Å²) in [7, 11) is 0. The lowest BCUT2D eigenvalue weighted by molar-refractivity contribution is -0.141. The Balaban J connectivity index is 2.29. The van der Waals surface area contributed by atoms with Gasteiger partial charge in [-0.2, -0.15) is 0 Å². The second-order valence-electron chi connectivity index (χ2n) is 3.74. The Bertz CT molecular complexity index is 336. The predicted molar refractivity (Wildman–Crippen MR) is 65.5 cm³/mol. The van der Waals surface area contributed by atoms with Crippen molar-refractivity contribution in [3.8, 4) is 0 Å². The first-order valence-electron chi connectivity index (χ1n) is 5.69. The van der Waals surface area contributed by atoms with Gasteiger partial charge in [-0.05, 0) is 25.0 Å². The molecule has 1 rings (SSSR count). The first-order chi connectivity index (χ1) is 7.74. The highest BCUT2D eigenvalue weighted by Crippen LogP contribution is 2.12. The highest BCUT2D eigenvalue weighted by molar-refractivity contribution is 5.75. The van der Waals surface area contributed by atoms with Gasteiger partial charge in [0.1, 0.15) is 6.54 Å². The number of carbonyl (C=O) groups excluding carboxylic acids is 1. The minimum Gasteiger partial charge on any atom is -0.464 e. The van der Waals surface area contributed by atoms with Gasteiger partial charge >= 0.3 is 5.97 Å². The Hall–Kier alpha value is -1.51. The number of esters is 1. The number of ether oxygens (including phenoxy) is 1. The fourth-order valence-corrected chi connectivity index (χ4v) is 1.32. The Morgan fingerprint density at radius 3 is 2.81 bits per heavy atom. The maximum atomic E-state index is 11.3. The van der Waals surface area contributed by atoms with E-state index in [0.717, 1.165) is 24.1 Å². The first-order valence-corrected chi connectivity index (χ1v) is 5.69. The highest BCUT2D eigenvalue weighted by Gasteiger charge is 2.02. The molecule has 0 aliphatic rings. The third kappa shape index (κ3) is 4.34. The van der Waals surface area contributed by atoms with Crippen molar-refractivity contribution in [3.05, 3.63) is 29.8 Å². The van der Waals surface area contributed by atoms with Crippen LogP contribution in [0.5, 0.6) is 0 Å². The molecule has 0 aliphatic carbocycles. The van der Waals surface area contributed by atoms with Crippen LogP contribution in [0.4, 0.5) is 5.69 Å². The third-order valence-corrected chi connectivity index (χ3v) is 2.33. The van der Waals surface area contributed by atoms with Crippen LogP contribution >= 0.6 is 0 Å². The van der Waals surface area contributed by atoms with E-state index in [1.54, 1.807) is 0 Å². The number of carbonyl (C=O) groups is 1. The number of para-hydroxylation sites is 1. The first kappa shape index (κ1) is 12.6. The molecule has 0 unspecified atom stereocenters. The molecular weight excluding hydrogens is 202 g/mol. The average molecular weight is 221 g/mol. The molecule has 0 spiro atoms. The third-order valence-electron chi connectivity index (χ3n) is 2.33. The van der Waals surface area contributed by atoms with Gasteiger partial charge in [0, 0.05) is 5.69 Å². The zero-order valence-corrected chi connectivity index (χ0v) is 9.95. The quantitative estimate of drug-likeness (QED) is 0.593. The molecule has 0 fully saturated rings. The minimum absolute atomic E-state index is 0.197. The topological polar surface area (TPSA) is 38.3 Å². The van der Waals surface area contributed by atoms with Gasteiger partial charge in [0.25, 0.3) is 0 Å². The molecule has 88 valence electrons. The summed E-state index contributed by atoms with van der Waals surface area (Å²) in [5.41, 5.74) is 2.11. The molecule has 0 amide bonds. The van der Waals surface area contributed by atoms with E-state index in [2.05, 4.69) is 12.2 Å². The molecule has 0 radical (unpaired) electrons. The molecule has 0 bridgehead atoms. The van der Waals surface area contributed by atoms with Crippen molar-refractivity contribution in [3.63, 3.8) is 0 Å². The van der Waals surface area contributed by atoms with Crippen LogP contribution in [-0.4, -0.2) is 19.1 Å². The lowest BCUT2D eigenvalue weighted by Gasteiger charge is -2.08. The summed E-state index contributed by atoms with van der Waals surface area (Å²) < 4.78 is 5.04. The normalized spacial score (nSPS) is 9.88. The van der Waals surface area contributed by atoms with Crippen LogP contribution in [0.25, 0.3) is 0 Å². The minimum atomic E-state index is -0.197. The van der Waals surface area contributed by atoms with Gasteiger partial charge in [-0.3, -0.25) is 4.79 Å². The number of unbranched alkanes of at least 4 members (excludes halogenated alkanes) is 1. The van der Waals surface area contributed by atoms with Crippen molar-refractivity contribution in [2.45, 2.75) is 26.7 Å². The maximum Gasteiger partial charge on any atom is 0.325 e.